The molecule has 0 atom stereocenters. The van der Waals surface area contributed by atoms with Crippen molar-refractivity contribution in [3.8, 4) is 11.5 Å². The van der Waals surface area contributed by atoms with Gasteiger partial charge in [-0.05, 0) is 64.3 Å². The molecule has 0 saturated heterocycles. The highest BCUT2D eigenvalue weighted by molar-refractivity contribution is 5.91. The predicted molar refractivity (Wildman–Crippen MR) is 115 cm³/mol. The Morgan fingerprint density at radius 3 is 2.52 bits per heavy atom. The fraction of sp³-hybridized carbons (Fsp3) is 0.391. The molecule has 1 aromatic rings. The van der Waals surface area contributed by atoms with Crippen molar-refractivity contribution in [1.82, 2.24) is 5.32 Å². The summed E-state index contributed by atoms with van der Waals surface area (Å²) in [5, 5.41) is 2.83. The molecule has 0 saturated carbocycles. The van der Waals surface area contributed by atoms with E-state index in [1.165, 1.54) is 24.3 Å². The third kappa shape index (κ3) is 10.2. The number of ether oxygens (including phenoxy) is 3. The van der Waals surface area contributed by atoms with Crippen LogP contribution in [0.5, 0.6) is 11.5 Å². The van der Waals surface area contributed by atoms with Crippen LogP contribution in [-0.4, -0.2) is 32.3 Å². The minimum Gasteiger partial charge on any atom is -0.493 e. The van der Waals surface area contributed by atoms with E-state index in [-0.39, 0.29) is 18.3 Å². The summed E-state index contributed by atoms with van der Waals surface area (Å²) in [4.78, 5) is 23.4. The zero-order valence-electron chi connectivity index (χ0n) is 17.9. The second-order valence-corrected chi connectivity index (χ2v) is 6.64. The molecule has 6 nitrogen and oxygen atoms in total. The zero-order valence-corrected chi connectivity index (χ0v) is 17.9. The van der Waals surface area contributed by atoms with Crippen molar-refractivity contribution < 1.29 is 23.8 Å². The topological polar surface area (TPSA) is 73.9 Å². The van der Waals surface area contributed by atoms with Crippen molar-refractivity contribution in [3.63, 3.8) is 0 Å². The van der Waals surface area contributed by atoms with Crippen molar-refractivity contribution in [2.45, 2.75) is 40.5 Å². The van der Waals surface area contributed by atoms with Gasteiger partial charge in [0.2, 0.25) is 5.91 Å². The van der Waals surface area contributed by atoms with Gasteiger partial charge >= 0.3 is 6.16 Å². The molecule has 158 valence electrons. The Bertz CT molecular complexity index is 773. The molecule has 0 aromatic heterocycles. The van der Waals surface area contributed by atoms with Gasteiger partial charge in [0, 0.05) is 12.6 Å². The summed E-state index contributed by atoms with van der Waals surface area (Å²) in [6, 6.07) is 4.98. The summed E-state index contributed by atoms with van der Waals surface area (Å²) in [6.07, 6.45) is 8.54. The summed E-state index contributed by atoms with van der Waals surface area (Å²) < 4.78 is 15.1. The van der Waals surface area contributed by atoms with Gasteiger partial charge in [-0.15, -0.1) is 0 Å². The van der Waals surface area contributed by atoms with Crippen molar-refractivity contribution in [2.24, 2.45) is 0 Å². The highest BCUT2D eigenvalue weighted by Gasteiger charge is 2.11. The first-order chi connectivity index (χ1) is 13.8. The Hall–Kier alpha value is -3.02. The quantitative estimate of drug-likeness (QED) is 0.257. The summed E-state index contributed by atoms with van der Waals surface area (Å²) in [7, 11) is 1.47. The molecule has 1 aromatic carbocycles. The Kier molecular flexibility index (Phi) is 10.9. The standard InChI is InChI=1S/C23H31NO5/c1-6-28-23(26)29-20-12-10-19(16-21(20)27-5)11-13-22(25)24-15-14-18(4)9-7-8-17(2)3/h8,10-14,16H,6-7,9,15H2,1-5H3,(H,24,25)/b13-11+,18-14+. The number of carbonyl (C=O) groups is 2. The van der Waals surface area contributed by atoms with Gasteiger partial charge in [0.25, 0.3) is 0 Å². The van der Waals surface area contributed by atoms with Crippen LogP contribution < -0.4 is 14.8 Å². The largest absolute Gasteiger partial charge is 0.513 e. The minimum absolute atomic E-state index is 0.191. The maximum absolute atomic E-state index is 12.0. The average molecular weight is 402 g/mol. The number of nitrogens with one attached hydrogen (secondary N) is 1. The molecule has 29 heavy (non-hydrogen) atoms. The van der Waals surface area contributed by atoms with Crippen LogP contribution in [0, 0.1) is 0 Å². The van der Waals surface area contributed by atoms with E-state index >= 15 is 0 Å². The van der Waals surface area contributed by atoms with Crippen LogP contribution in [0.15, 0.2) is 47.6 Å². The van der Waals surface area contributed by atoms with E-state index in [9.17, 15) is 9.59 Å². The normalized spacial score (nSPS) is 11.1. The minimum atomic E-state index is -0.794. The van der Waals surface area contributed by atoms with Crippen LogP contribution in [-0.2, 0) is 9.53 Å². The first-order valence-electron chi connectivity index (χ1n) is 9.63. The van der Waals surface area contributed by atoms with Crippen molar-refractivity contribution >= 4 is 18.1 Å². The fourth-order valence-corrected chi connectivity index (χ4v) is 2.36. The number of allylic oxidation sites excluding steroid dienone is 3. The molecule has 0 spiro atoms. The third-order valence-electron chi connectivity index (χ3n) is 3.89. The maximum atomic E-state index is 12.0. The molecular weight excluding hydrogens is 370 g/mol. The number of hydrogen-bond donors (Lipinski definition) is 1. The molecule has 0 radical (unpaired) electrons. The lowest BCUT2D eigenvalue weighted by atomic mass is 10.1. The van der Waals surface area contributed by atoms with Crippen LogP contribution in [0.1, 0.15) is 46.1 Å². The number of rotatable bonds is 10. The van der Waals surface area contributed by atoms with Crippen molar-refractivity contribution in [3.05, 3.63) is 53.1 Å². The lowest BCUT2D eigenvalue weighted by Gasteiger charge is -2.09. The molecule has 0 aliphatic heterocycles. The Labute approximate surface area is 173 Å². The molecule has 0 heterocycles. The molecule has 0 aliphatic carbocycles. The second-order valence-electron chi connectivity index (χ2n) is 6.64. The molecule has 0 unspecified atom stereocenters. The van der Waals surface area contributed by atoms with Gasteiger partial charge in [-0.2, -0.15) is 0 Å². The number of carbonyl (C=O) groups excluding carboxylic acids is 2. The van der Waals surface area contributed by atoms with E-state index in [0.29, 0.717) is 12.3 Å². The van der Waals surface area contributed by atoms with Crippen LogP contribution in [0.25, 0.3) is 6.08 Å². The average Bonchev–Trinajstić information content (AvgIpc) is 2.67. The highest BCUT2D eigenvalue weighted by Crippen LogP contribution is 2.28. The van der Waals surface area contributed by atoms with Gasteiger partial charge in [0.1, 0.15) is 0 Å². The second kappa shape index (κ2) is 13.2. The zero-order chi connectivity index (χ0) is 21.6. The fourth-order valence-electron chi connectivity index (χ4n) is 2.36. The Balaban J connectivity index is 2.58. The molecule has 1 rings (SSSR count). The van der Waals surface area contributed by atoms with Gasteiger partial charge in [0.15, 0.2) is 11.5 Å². The summed E-state index contributed by atoms with van der Waals surface area (Å²) in [5.74, 6) is 0.431. The van der Waals surface area contributed by atoms with Crippen LogP contribution in [0.3, 0.4) is 0 Å². The van der Waals surface area contributed by atoms with E-state index in [4.69, 9.17) is 14.2 Å². The van der Waals surface area contributed by atoms with Gasteiger partial charge < -0.3 is 19.5 Å². The molecule has 0 bridgehead atoms. The number of benzene rings is 1. The van der Waals surface area contributed by atoms with Crippen LogP contribution >= 0.6 is 0 Å². The molecule has 0 aliphatic rings. The third-order valence-corrected chi connectivity index (χ3v) is 3.89. The molecule has 6 heteroatoms. The summed E-state index contributed by atoms with van der Waals surface area (Å²) in [6.45, 7) is 8.64. The van der Waals surface area contributed by atoms with Crippen molar-refractivity contribution in [2.75, 3.05) is 20.3 Å². The first kappa shape index (κ1) is 24.0. The monoisotopic (exact) mass is 401 g/mol. The van der Waals surface area contributed by atoms with Crippen molar-refractivity contribution in [1.29, 1.82) is 0 Å². The highest BCUT2D eigenvalue weighted by atomic mass is 16.7. The molecular formula is C23H31NO5. The number of hydrogen-bond acceptors (Lipinski definition) is 5. The Morgan fingerprint density at radius 2 is 1.86 bits per heavy atom. The smallest absolute Gasteiger partial charge is 0.493 e. The van der Waals surface area contributed by atoms with Gasteiger partial charge in [-0.1, -0.05) is 29.4 Å². The van der Waals surface area contributed by atoms with E-state index < -0.39 is 6.16 Å². The SMILES string of the molecule is CCOC(=O)Oc1ccc(/C=C/C(=O)NC/C=C(\C)CCC=C(C)C)cc1OC. The van der Waals surface area contributed by atoms with E-state index in [1.807, 2.05) is 6.08 Å². The van der Waals surface area contributed by atoms with Crippen LogP contribution in [0.4, 0.5) is 4.79 Å². The predicted octanol–water partition coefficient (Wildman–Crippen LogP) is 5.05. The molecule has 1 amide bonds. The van der Waals surface area contributed by atoms with Gasteiger partial charge in [-0.3, -0.25) is 4.79 Å². The Morgan fingerprint density at radius 1 is 1.10 bits per heavy atom. The number of amides is 1. The van der Waals surface area contributed by atoms with Crippen LogP contribution in [0.2, 0.25) is 0 Å². The number of methoxy groups -OCH3 is 1. The van der Waals surface area contributed by atoms with E-state index in [1.54, 1.807) is 31.2 Å². The maximum Gasteiger partial charge on any atom is 0.513 e. The summed E-state index contributed by atoms with van der Waals surface area (Å²) >= 11 is 0. The lowest BCUT2D eigenvalue weighted by Crippen LogP contribution is -2.20. The van der Waals surface area contributed by atoms with E-state index in [2.05, 4.69) is 32.2 Å². The van der Waals surface area contributed by atoms with Gasteiger partial charge in [0.05, 0.1) is 13.7 Å². The molecule has 0 fully saturated rings. The first-order valence-corrected chi connectivity index (χ1v) is 9.63. The summed E-state index contributed by atoms with van der Waals surface area (Å²) in [5.41, 5.74) is 3.30. The van der Waals surface area contributed by atoms with Gasteiger partial charge in [-0.25, -0.2) is 4.79 Å². The lowest BCUT2D eigenvalue weighted by molar-refractivity contribution is -0.116. The van der Waals surface area contributed by atoms with E-state index in [0.717, 1.165) is 18.4 Å². The molecule has 1 N–H and O–H groups in total.